The fourth-order valence-corrected chi connectivity index (χ4v) is 1.99. The monoisotopic (exact) mass is 239 g/mol. The van der Waals surface area contributed by atoms with Gasteiger partial charge < -0.3 is 5.32 Å². The minimum Gasteiger partial charge on any atom is -0.310 e. The minimum atomic E-state index is -4.63. The van der Waals surface area contributed by atoms with E-state index in [2.05, 4.69) is 5.32 Å². The van der Waals surface area contributed by atoms with Crippen LogP contribution in [0.15, 0.2) is 0 Å². The lowest BCUT2D eigenvalue weighted by atomic mass is 9.95. The molecule has 0 radical (unpaired) electrons. The van der Waals surface area contributed by atoms with Crippen molar-refractivity contribution in [3.8, 4) is 0 Å². The third-order valence-corrected chi connectivity index (χ3v) is 4.07. The predicted octanol–water partition coefficient (Wildman–Crippen LogP) is 1.48. The van der Waals surface area contributed by atoms with Crippen molar-refractivity contribution in [3.05, 3.63) is 0 Å². The van der Waals surface area contributed by atoms with Gasteiger partial charge in [0.15, 0.2) is 0 Å². The highest BCUT2D eigenvalue weighted by atomic mass is 32.2. The smallest absolute Gasteiger partial charge is 0.301 e. The lowest BCUT2D eigenvalue weighted by Gasteiger charge is -2.26. The molecule has 1 saturated carbocycles. The average molecular weight is 239 g/mol. The highest BCUT2D eigenvalue weighted by Crippen LogP contribution is 2.20. The Labute approximate surface area is 90.0 Å². The van der Waals surface area contributed by atoms with Crippen LogP contribution in [0.3, 0.4) is 0 Å². The van der Waals surface area contributed by atoms with E-state index in [1.54, 1.807) is 0 Å². The second-order valence-corrected chi connectivity index (χ2v) is 6.09. The van der Waals surface area contributed by atoms with Crippen LogP contribution in [0.4, 0.5) is 4.39 Å². The molecule has 0 aromatic heterocycles. The highest BCUT2D eigenvalue weighted by Gasteiger charge is 2.38. The molecule has 2 N–H and O–H groups in total. The van der Waals surface area contributed by atoms with Crippen LogP contribution in [-0.4, -0.2) is 30.6 Å². The van der Waals surface area contributed by atoms with Gasteiger partial charge >= 0.3 is 10.1 Å². The molecule has 0 amide bonds. The van der Waals surface area contributed by atoms with E-state index < -0.39 is 15.1 Å². The van der Waals surface area contributed by atoms with Gasteiger partial charge in [-0.05, 0) is 19.8 Å². The van der Waals surface area contributed by atoms with E-state index in [0.29, 0.717) is 0 Å². The van der Waals surface area contributed by atoms with Crippen molar-refractivity contribution in [2.24, 2.45) is 0 Å². The van der Waals surface area contributed by atoms with Gasteiger partial charge in [-0.2, -0.15) is 8.42 Å². The standard InChI is InChI=1S/C9H18FNO3S/c1-9(10,15(12,13)14)7-11-8-5-3-2-4-6-8/h8,11H,2-7H2,1H3,(H,12,13,14). The molecule has 0 bridgehead atoms. The Morgan fingerprint density at radius 2 is 1.93 bits per heavy atom. The third-order valence-electron chi connectivity index (χ3n) is 2.85. The fraction of sp³-hybridized carbons (Fsp3) is 1.00. The largest absolute Gasteiger partial charge is 0.310 e. The molecule has 0 spiro atoms. The van der Waals surface area contributed by atoms with Crippen LogP contribution in [0.25, 0.3) is 0 Å². The molecule has 0 aromatic rings. The molecule has 0 heterocycles. The Morgan fingerprint density at radius 1 is 1.40 bits per heavy atom. The molecule has 15 heavy (non-hydrogen) atoms. The first-order chi connectivity index (χ1) is 6.83. The molecule has 1 atom stereocenters. The van der Waals surface area contributed by atoms with Crippen molar-refractivity contribution < 1.29 is 17.4 Å². The molecule has 0 aliphatic heterocycles. The van der Waals surface area contributed by atoms with E-state index in [-0.39, 0.29) is 12.6 Å². The topological polar surface area (TPSA) is 66.4 Å². The van der Waals surface area contributed by atoms with E-state index in [1.165, 1.54) is 6.42 Å². The van der Waals surface area contributed by atoms with Crippen molar-refractivity contribution in [1.82, 2.24) is 5.32 Å². The first-order valence-corrected chi connectivity index (χ1v) is 6.66. The molecule has 4 nitrogen and oxygen atoms in total. The molecule has 1 rings (SSSR count). The first-order valence-electron chi connectivity index (χ1n) is 5.22. The van der Waals surface area contributed by atoms with Gasteiger partial charge in [0.05, 0.1) is 0 Å². The molecule has 1 aliphatic carbocycles. The zero-order valence-electron chi connectivity index (χ0n) is 8.87. The Morgan fingerprint density at radius 3 is 2.40 bits per heavy atom. The molecule has 0 aromatic carbocycles. The van der Waals surface area contributed by atoms with Crippen LogP contribution in [-0.2, 0) is 10.1 Å². The summed E-state index contributed by atoms with van der Waals surface area (Å²) in [6.45, 7) is 0.522. The quantitative estimate of drug-likeness (QED) is 0.729. The Kier molecular flexibility index (Phi) is 4.08. The first kappa shape index (κ1) is 12.9. The lowest BCUT2D eigenvalue weighted by Crippen LogP contribution is -2.45. The van der Waals surface area contributed by atoms with Gasteiger partial charge in [0.25, 0.3) is 0 Å². The lowest BCUT2D eigenvalue weighted by molar-refractivity contribution is 0.238. The van der Waals surface area contributed by atoms with Gasteiger partial charge in [-0.15, -0.1) is 0 Å². The summed E-state index contributed by atoms with van der Waals surface area (Å²) >= 11 is 0. The van der Waals surface area contributed by atoms with Crippen LogP contribution in [0, 0.1) is 0 Å². The van der Waals surface area contributed by atoms with Gasteiger partial charge in [-0.3, -0.25) is 4.55 Å². The van der Waals surface area contributed by atoms with E-state index in [9.17, 15) is 12.8 Å². The number of hydrogen-bond acceptors (Lipinski definition) is 3. The molecule has 90 valence electrons. The number of alkyl halides is 1. The van der Waals surface area contributed by atoms with Crippen LogP contribution in [0.2, 0.25) is 0 Å². The molecule has 6 heteroatoms. The van der Waals surface area contributed by atoms with Gasteiger partial charge in [-0.1, -0.05) is 19.3 Å². The van der Waals surface area contributed by atoms with Gasteiger partial charge in [0.2, 0.25) is 5.00 Å². The van der Waals surface area contributed by atoms with Crippen LogP contribution in [0.1, 0.15) is 39.0 Å². The summed E-state index contributed by atoms with van der Waals surface area (Å²) in [5.74, 6) is 0. The summed E-state index contributed by atoms with van der Waals surface area (Å²) in [6.07, 6.45) is 5.26. The van der Waals surface area contributed by atoms with E-state index in [0.717, 1.165) is 32.6 Å². The summed E-state index contributed by atoms with van der Waals surface area (Å²) in [5, 5.41) is 0.261. The molecule has 1 fully saturated rings. The van der Waals surface area contributed by atoms with E-state index in [4.69, 9.17) is 4.55 Å². The average Bonchev–Trinajstić information content (AvgIpc) is 2.15. The summed E-state index contributed by atoms with van der Waals surface area (Å²) < 4.78 is 43.4. The van der Waals surface area contributed by atoms with Crippen molar-refractivity contribution >= 4 is 10.1 Å². The maximum Gasteiger partial charge on any atom is 0.301 e. The zero-order valence-corrected chi connectivity index (χ0v) is 9.69. The molecule has 1 aliphatic rings. The number of nitrogens with one attached hydrogen (secondary N) is 1. The Hall–Kier alpha value is -0.200. The van der Waals surface area contributed by atoms with Gasteiger partial charge in [0.1, 0.15) is 0 Å². The Balaban J connectivity index is 2.41. The Bertz CT molecular complexity index is 296. The van der Waals surface area contributed by atoms with Crippen molar-refractivity contribution in [2.75, 3.05) is 6.54 Å². The summed E-state index contributed by atoms with van der Waals surface area (Å²) in [4.78, 5) is 0. The molecule has 1 unspecified atom stereocenters. The van der Waals surface area contributed by atoms with E-state index in [1.807, 2.05) is 0 Å². The summed E-state index contributed by atoms with van der Waals surface area (Å²) in [7, 11) is -4.63. The maximum absolute atomic E-state index is 13.5. The second-order valence-electron chi connectivity index (χ2n) is 4.29. The van der Waals surface area contributed by atoms with Crippen LogP contribution in [0.5, 0.6) is 0 Å². The van der Waals surface area contributed by atoms with Crippen molar-refractivity contribution in [3.63, 3.8) is 0 Å². The SMILES string of the molecule is CC(F)(CNC1CCCCC1)S(=O)(=O)O. The summed E-state index contributed by atoms with van der Waals surface area (Å²) in [5.41, 5.74) is 0. The summed E-state index contributed by atoms with van der Waals surface area (Å²) in [6, 6.07) is 0.176. The highest BCUT2D eigenvalue weighted by molar-refractivity contribution is 7.87. The normalized spacial score (nSPS) is 23.7. The molecular formula is C9H18FNO3S. The van der Waals surface area contributed by atoms with Crippen LogP contribution < -0.4 is 5.32 Å². The predicted molar refractivity (Wildman–Crippen MR) is 55.9 cm³/mol. The maximum atomic E-state index is 13.5. The number of hydrogen-bond donors (Lipinski definition) is 2. The van der Waals surface area contributed by atoms with Crippen molar-refractivity contribution in [2.45, 2.75) is 50.1 Å². The second kappa shape index (κ2) is 4.76. The zero-order chi connectivity index (χ0) is 11.5. The molecule has 0 saturated heterocycles. The minimum absolute atomic E-state index is 0.176. The molecular weight excluding hydrogens is 221 g/mol. The van der Waals surface area contributed by atoms with E-state index >= 15 is 0 Å². The number of rotatable bonds is 4. The van der Waals surface area contributed by atoms with Gasteiger partial charge in [0, 0.05) is 12.6 Å². The number of halogens is 1. The van der Waals surface area contributed by atoms with Crippen molar-refractivity contribution in [1.29, 1.82) is 0 Å². The van der Waals surface area contributed by atoms with Gasteiger partial charge in [-0.25, -0.2) is 4.39 Å². The van der Waals surface area contributed by atoms with Crippen LogP contribution >= 0.6 is 0 Å². The fourth-order valence-electron chi connectivity index (χ4n) is 1.72. The third kappa shape index (κ3) is 3.70.